The molecule has 11 heteroatoms. The maximum atomic E-state index is 13.5. The van der Waals surface area contributed by atoms with Gasteiger partial charge in [0.05, 0.1) is 19.8 Å². The normalized spacial score (nSPS) is 19.3. The summed E-state index contributed by atoms with van der Waals surface area (Å²) in [6.45, 7) is 0. The van der Waals surface area contributed by atoms with E-state index in [0.29, 0.717) is 46.1 Å². The molecule has 2 heterocycles. The van der Waals surface area contributed by atoms with E-state index in [1.54, 1.807) is 13.2 Å². The number of carbonyl (C=O) groups is 1. The molecule has 2 aliphatic rings. The smallest absolute Gasteiger partial charge is 0.493 e. The third-order valence-electron chi connectivity index (χ3n) is 6.50. The van der Waals surface area contributed by atoms with Crippen molar-refractivity contribution in [1.82, 2.24) is 10.2 Å². The predicted molar refractivity (Wildman–Crippen MR) is 124 cm³/mol. The molecule has 0 amide bonds. The molecular weight excluding hydrogens is 479 g/mol. The summed E-state index contributed by atoms with van der Waals surface area (Å²) in [7, 11) is 3.08. The summed E-state index contributed by atoms with van der Waals surface area (Å²) in [5.41, 5.74) is 2.36. The molecular formula is C25H22F3N3O5. The van der Waals surface area contributed by atoms with Crippen molar-refractivity contribution in [3.05, 3.63) is 80.8 Å². The summed E-state index contributed by atoms with van der Waals surface area (Å²) in [6.07, 6.45) is -4.15. The highest BCUT2D eigenvalue weighted by Gasteiger charge is 2.40. The Morgan fingerprint density at radius 2 is 1.58 bits per heavy atom. The van der Waals surface area contributed by atoms with Crippen LogP contribution in [0.4, 0.5) is 19.0 Å². The van der Waals surface area contributed by atoms with E-state index < -0.39 is 17.8 Å². The van der Waals surface area contributed by atoms with Crippen molar-refractivity contribution in [2.45, 2.75) is 31.0 Å². The van der Waals surface area contributed by atoms with E-state index in [4.69, 9.17) is 9.47 Å². The van der Waals surface area contributed by atoms with Gasteiger partial charge in [0.2, 0.25) is 0 Å². The third kappa shape index (κ3) is 4.21. The molecule has 1 aromatic heterocycles. The number of Topliss-reactive ketones (excluding diaryl/α,β-unsaturated/α-hetero) is 1. The highest BCUT2D eigenvalue weighted by molar-refractivity contribution is 6.01. The molecule has 0 saturated carbocycles. The molecule has 0 spiro atoms. The summed E-state index contributed by atoms with van der Waals surface area (Å²) in [5, 5.41) is 8.52. The van der Waals surface area contributed by atoms with E-state index in [1.807, 2.05) is 12.1 Å². The largest absolute Gasteiger partial charge is 0.573 e. The van der Waals surface area contributed by atoms with Crippen LogP contribution < -0.4 is 25.1 Å². The van der Waals surface area contributed by atoms with Crippen molar-refractivity contribution in [3.8, 4) is 17.2 Å². The number of rotatable bonds is 5. The van der Waals surface area contributed by atoms with Gasteiger partial charge in [-0.05, 0) is 47.7 Å². The van der Waals surface area contributed by atoms with Crippen LogP contribution in [-0.4, -0.2) is 36.6 Å². The number of benzene rings is 2. The summed E-state index contributed by atoms with van der Waals surface area (Å²) >= 11 is 0. The number of ether oxygens (including phenoxy) is 3. The molecule has 8 nitrogen and oxygen atoms in total. The molecule has 188 valence electrons. The number of hydrogen-bond acceptors (Lipinski definition) is 6. The first kappa shape index (κ1) is 23.6. The van der Waals surface area contributed by atoms with Gasteiger partial charge in [0.1, 0.15) is 11.6 Å². The fourth-order valence-corrected chi connectivity index (χ4v) is 4.96. The predicted octanol–water partition coefficient (Wildman–Crippen LogP) is 4.58. The molecule has 0 radical (unpaired) electrons. The van der Waals surface area contributed by atoms with Crippen LogP contribution in [0.1, 0.15) is 41.4 Å². The maximum absolute atomic E-state index is 13.5. The molecule has 3 aromatic rings. The Morgan fingerprint density at radius 3 is 2.25 bits per heavy atom. The van der Waals surface area contributed by atoms with Crippen LogP contribution in [0.5, 0.6) is 17.2 Å². The van der Waals surface area contributed by atoms with Gasteiger partial charge < -0.3 is 19.5 Å². The van der Waals surface area contributed by atoms with Gasteiger partial charge in [-0.1, -0.05) is 18.2 Å². The second-order valence-electron chi connectivity index (χ2n) is 8.58. The minimum atomic E-state index is -4.82. The van der Waals surface area contributed by atoms with Gasteiger partial charge in [0, 0.05) is 23.6 Å². The van der Waals surface area contributed by atoms with Crippen molar-refractivity contribution in [2.24, 2.45) is 0 Å². The minimum absolute atomic E-state index is 0.154. The second kappa shape index (κ2) is 8.81. The van der Waals surface area contributed by atoms with E-state index in [9.17, 15) is 22.8 Å². The highest BCUT2D eigenvalue weighted by Crippen LogP contribution is 2.47. The van der Waals surface area contributed by atoms with Crippen LogP contribution in [0.2, 0.25) is 0 Å². The van der Waals surface area contributed by atoms with Gasteiger partial charge in [-0.3, -0.25) is 19.8 Å². The zero-order chi connectivity index (χ0) is 25.6. The monoisotopic (exact) mass is 501 g/mol. The van der Waals surface area contributed by atoms with Crippen molar-refractivity contribution in [2.75, 3.05) is 19.5 Å². The average molecular weight is 501 g/mol. The standard InChI is InChI=1S/C25H22F3N3O5/c1-34-18-8-5-13(11-19(18)35-2)14-9-16-21(17(32)10-14)20(22-23(29-16)30-31-24(22)33)12-3-6-15(7-4-12)36-25(26,27)28/h3-8,11,14,20H,9-10H2,1-2H3,(H3,29,30,31,33)/t14-,20-/m0/s1. The number of methoxy groups -OCH3 is 2. The topological polar surface area (TPSA) is 105 Å². The molecule has 0 unspecified atom stereocenters. The van der Waals surface area contributed by atoms with Crippen molar-refractivity contribution < 1.29 is 32.2 Å². The second-order valence-corrected chi connectivity index (χ2v) is 8.58. The van der Waals surface area contributed by atoms with E-state index in [1.165, 1.54) is 31.4 Å². The number of halogens is 3. The summed E-state index contributed by atoms with van der Waals surface area (Å²) in [6, 6.07) is 10.7. The number of H-pyrrole nitrogens is 2. The van der Waals surface area contributed by atoms with Gasteiger partial charge >= 0.3 is 6.36 Å². The number of ketones is 1. The van der Waals surface area contributed by atoms with Crippen LogP contribution in [-0.2, 0) is 4.79 Å². The maximum Gasteiger partial charge on any atom is 0.573 e. The molecule has 0 fully saturated rings. The van der Waals surface area contributed by atoms with Crippen LogP contribution in [0.25, 0.3) is 0 Å². The fraction of sp³-hybridized carbons (Fsp3) is 0.280. The lowest BCUT2D eigenvalue weighted by molar-refractivity contribution is -0.274. The summed E-state index contributed by atoms with van der Waals surface area (Å²) < 4.78 is 52.5. The molecule has 3 N–H and O–H groups in total. The zero-order valence-electron chi connectivity index (χ0n) is 19.3. The first-order valence-electron chi connectivity index (χ1n) is 11.1. The fourth-order valence-electron chi connectivity index (χ4n) is 4.96. The van der Waals surface area contributed by atoms with Crippen LogP contribution >= 0.6 is 0 Å². The van der Waals surface area contributed by atoms with Crippen LogP contribution in [0.3, 0.4) is 0 Å². The number of fused-ring (bicyclic) bond motifs is 1. The first-order valence-corrected chi connectivity index (χ1v) is 11.1. The average Bonchev–Trinajstić information content (AvgIpc) is 3.22. The Hall–Kier alpha value is -4.15. The Balaban J connectivity index is 1.53. The number of carbonyl (C=O) groups excluding carboxylic acids is 1. The van der Waals surface area contributed by atoms with Gasteiger partial charge in [-0.15, -0.1) is 13.2 Å². The lowest BCUT2D eigenvalue weighted by Crippen LogP contribution is -2.31. The van der Waals surface area contributed by atoms with Crippen LogP contribution in [0, 0.1) is 0 Å². The minimum Gasteiger partial charge on any atom is -0.493 e. The quantitative estimate of drug-likeness (QED) is 0.473. The molecule has 2 aromatic carbocycles. The Bertz CT molecular complexity index is 1410. The lowest BCUT2D eigenvalue weighted by Gasteiger charge is -2.34. The molecule has 36 heavy (non-hydrogen) atoms. The molecule has 1 aliphatic heterocycles. The first-order chi connectivity index (χ1) is 17.2. The van der Waals surface area contributed by atoms with Gasteiger partial charge in [0.25, 0.3) is 5.56 Å². The number of nitrogens with one attached hydrogen (secondary N) is 3. The zero-order valence-corrected chi connectivity index (χ0v) is 19.3. The van der Waals surface area contributed by atoms with Gasteiger partial charge in [0.15, 0.2) is 17.3 Å². The molecule has 0 bridgehead atoms. The van der Waals surface area contributed by atoms with E-state index in [2.05, 4.69) is 20.3 Å². The number of alkyl halides is 3. The molecule has 0 saturated heterocycles. The van der Waals surface area contributed by atoms with E-state index in [-0.39, 0.29) is 23.9 Å². The molecule has 1 aliphatic carbocycles. The summed E-state index contributed by atoms with van der Waals surface area (Å²) in [4.78, 5) is 26.2. The van der Waals surface area contributed by atoms with Crippen molar-refractivity contribution in [3.63, 3.8) is 0 Å². The third-order valence-corrected chi connectivity index (χ3v) is 6.50. The van der Waals surface area contributed by atoms with Gasteiger partial charge in [-0.25, -0.2) is 0 Å². The Labute approximate surface area is 203 Å². The van der Waals surface area contributed by atoms with Crippen molar-refractivity contribution >= 4 is 11.6 Å². The Morgan fingerprint density at radius 1 is 0.889 bits per heavy atom. The molecule has 5 rings (SSSR count). The SMILES string of the molecule is COc1ccc([C@@H]2CC(=O)C3=C(C2)Nc2[nH][nH]c(=O)c2[C@H]3c2ccc(OC(F)(F)F)cc2)cc1OC. The number of hydrogen-bond donors (Lipinski definition) is 3. The highest BCUT2D eigenvalue weighted by atomic mass is 19.4. The molecule has 2 atom stereocenters. The lowest BCUT2D eigenvalue weighted by atomic mass is 9.73. The number of aromatic nitrogens is 2. The van der Waals surface area contributed by atoms with Crippen molar-refractivity contribution in [1.29, 1.82) is 0 Å². The number of allylic oxidation sites excluding steroid dienone is 2. The summed E-state index contributed by atoms with van der Waals surface area (Å²) in [5.74, 6) is 0.0994. The van der Waals surface area contributed by atoms with E-state index in [0.717, 1.165) is 5.56 Å². The van der Waals surface area contributed by atoms with Gasteiger partial charge in [-0.2, -0.15) is 0 Å². The van der Waals surface area contributed by atoms with E-state index >= 15 is 0 Å². The number of anilines is 1. The Kier molecular flexibility index (Phi) is 5.77. The van der Waals surface area contributed by atoms with Crippen LogP contribution in [0.15, 0.2) is 58.5 Å². The number of aromatic amines is 2.